The third-order valence-corrected chi connectivity index (χ3v) is 2.10. The number of ether oxygens (including phenoxy) is 1. The van der Waals surface area contributed by atoms with Crippen LogP contribution in [0.3, 0.4) is 0 Å². The molecule has 0 fully saturated rings. The maximum atomic E-state index is 5.65. The Morgan fingerprint density at radius 1 is 1.47 bits per heavy atom. The molecule has 0 aliphatic heterocycles. The summed E-state index contributed by atoms with van der Waals surface area (Å²) in [4.78, 5) is 0. The molecule has 15 heavy (non-hydrogen) atoms. The lowest BCUT2D eigenvalue weighted by Gasteiger charge is -2.11. The van der Waals surface area contributed by atoms with Gasteiger partial charge in [0.25, 0.3) is 0 Å². The fraction of sp³-hybridized carbons (Fsp3) is 0.385. The van der Waals surface area contributed by atoms with E-state index in [4.69, 9.17) is 10.5 Å². The zero-order valence-electron chi connectivity index (χ0n) is 9.55. The Morgan fingerprint density at radius 3 is 2.80 bits per heavy atom. The number of benzene rings is 1. The first kappa shape index (κ1) is 11.8. The minimum absolute atomic E-state index is 0.570. The molecule has 2 heteroatoms. The Morgan fingerprint density at radius 2 is 2.20 bits per heavy atom. The summed E-state index contributed by atoms with van der Waals surface area (Å²) in [5.74, 6) is 0.925. The lowest BCUT2D eigenvalue weighted by Crippen LogP contribution is -2.06. The molecule has 0 unspecified atom stereocenters. The maximum absolute atomic E-state index is 5.65. The number of aryl methyl sites for hydroxylation is 1. The van der Waals surface area contributed by atoms with E-state index in [9.17, 15) is 0 Å². The van der Waals surface area contributed by atoms with Gasteiger partial charge in [0, 0.05) is 0 Å². The number of nitrogens with two attached hydrogens (primary N) is 1. The van der Waals surface area contributed by atoms with E-state index in [1.165, 1.54) is 11.1 Å². The van der Waals surface area contributed by atoms with E-state index in [1.807, 2.05) is 19.1 Å². The minimum Gasteiger partial charge on any atom is -0.489 e. The van der Waals surface area contributed by atoms with Crippen molar-refractivity contribution in [2.75, 3.05) is 13.2 Å². The molecular weight excluding hydrogens is 186 g/mol. The van der Waals surface area contributed by atoms with E-state index in [1.54, 1.807) is 0 Å². The van der Waals surface area contributed by atoms with Crippen LogP contribution in [-0.4, -0.2) is 13.2 Å². The highest BCUT2D eigenvalue weighted by atomic mass is 16.5. The van der Waals surface area contributed by atoms with Crippen LogP contribution in [0.15, 0.2) is 30.4 Å². The van der Waals surface area contributed by atoms with Crippen molar-refractivity contribution in [2.45, 2.75) is 20.3 Å². The second-order valence-electron chi connectivity index (χ2n) is 3.90. The molecule has 1 aromatic carbocycles. The quantitative estimate of drug-likeness (QED) is 0.749. The SMILES string of the molecule is C=C(C)COc1ccc(C)cc1CCN. The van der Waals surface area contributed by atoms with Crippen molar-refractivity contribution in [1.29, 1.82) is 0 Å². The Labute approximate surface area is 91.7 Å². The van der Waals surface area contributed by atoms with E-state index in [0.29, 0.717) is 13.2 Å². The van der Waals surface area contributed by atoms with Crippen molar-refractivity contribution in [3.63, 3.8) is 0 Å². The number of hydrogen-bond donors (Lipinski definition) is 1. The normalized spacial score (nSPS) is 10.1. The average Bonchev–Trinajstić information content (AvgIpc) is 2.17. The molecule has 0 aliphatic rings. The zero-order valence-corrected chi connectivity index (χ0v) is 9.55. The summed E-state index contributed by atoms with van der Waals surface area (Å²) in [7, 11) is 0. The highest BCUT2D eigenvalue weighted by Gasteiger charge is 2.03. The Bertz CT molecular complexity index is 344. The summed E-state index contributed by atoms with van der Waals surface area (Å²) >= 11 is 0. The Hall–Kier alpha value is -1.28. The van der Waals surface area contributed by atoms with Crippen LogP contribution in [-0.2, 0) is 6.42 Å². The molecular formula is C13H19NO. The fourth-order valence-electron chi connectivity index (χ4n) is 1.40. The lowest BCUT2D eigenvalue weighted by atomic mass is 10.1. The first-order chi connectivity index (χ1) is 7.13. The number of hydrogen-bond acceptors (Lipinski definition) is 2. The highest BCUT2D eigenvalue weighted by molar-refractivity contribution is 5.37. The van der Waals surface area contributed by atoms with Crippen LogP contribution in [0.1, 0.15) is 18.1 Å². The van der Waals surface area contributed by atoms with Gasteiger partial charge in [-0.15, -0.1) is 0 Å². The average molecular weight is 205 g/mol. The molecule has 0 aliphatic carbocycles. The molecule has 0 aromatic heterocycles. The van der Waals surface area contributed by atoms with E-state index in [-0.39, 0.29) is 0 Å². The van der Waals surface area contributed by atoms with Crippen molar-refractivity contribution in [3.05, 3.63) is 41.5 Å². The highest BCUT2D eigenvalue weighted by Crippen LogP contribution is 2.20. The third kappa shape index (κ3) is 3.76. The van der Waals surface area contributed by atoms with Crippen LogP contribution in [0.2, 0.25) is 0 Å². The molecule has 0 saturated carbocycles. The molecule has 0 radical (unpaired) electrons. The summed E-state index contributed by atoms with van der Waals surface area (Å²) in [5.41, 5.74) is 9.00. The van der Waals surface area contributed by atoms with Crippen molar-refractivity contribution < 1.29 is 4.74 Å². The van der Waals surface area contributed by atoms with Crippen LogP contribution < -0.4 is 10.5 Å². The fourth-order valence-corrected chi connectivity index (χ4v) is 1.40. The predicted octanol–water partition coefficient (Wildman–Crippen LogP) is 2.45. The smallest absolute Gasteiger partial charge is 0.123 e. The van der Waals surface area contributed by atoms with Crippen LogP contribution in [0.4, 0.5) is 0 Å². The monoisotopic (exact) mass is 205 g/mol. The maximum Gasteiger partial charge on any atom is 0.123 e. The van der Waals surface area contributed by atoms with Gasteiger partial charge in [0.05, 0.1) is 0 Å². The van der Waals surface area contributed by atoms with E-state index < -0.39 is 0 Å². The van der Waals surface area contributed by atoms with Gasteiger partial charge in [-0.25, -0.2) is 0 Å². The zero-order chi connectivity index (χ0) is 11.3. The summed E-state index contributed by atoms with van der Waals surface area (Å²) < 4.78 is 5.65. The molecule has 0 amide bonds. The summed E-state index contributed by atoms with van der Waals surface area (Å²) in [6.07, 6.45) is 0.854. The van der Waals surface area contributed by atoms with Crippen molar-refractivity contribution in [1.82, 2.24) is 0 Å². The van der Waals surface area contributed by atoms with Crippen LogP contribution in [0.25, 0.3) is 0 Å². The van der Waals surface area contributed by atoms with Gasteiger partial charge in [-0.3, -0.25) is 0 Å². The predicted molar refractivity (Wildman–Crippen MR) is 64.2 cm³/mol. The molecule has 0 atom stereocenters. The third-order valence-electron chi connectivity index (χ3n) is 2.10. The second-order valence-corrected chi connectivity index (χ2v) is 3.90. The standard InChI is InChI=1S/C13H19NO/c1-10(2)9-15-13-5-4-11(3)8-12(13)6-7-14/h4-5,8H,1,6-7,9,14H2,2-3H3. The minimum atomic E-state index is 0.570. The van der Waals surface area contributed by atoms with Crippen molar-refractivity contribution in [3.8, 4) is 5.75 Å². The van der Waals surface area contributed by atoms with Crippen molar-refractivity contribution >= 4 is 0 Å². The van der Waals surface area contributed by atoms with Gasteiger partial charge < -0.3 is 10.5 Å². The molecule has 1 rings (SSSR count). The topological polar surface area (TPSA) is 35.2 Å². The molecule has 0 saturated heterocycles. The van der Waals surface area contributed by atoms with Gasteiger partial charge in [-0.2, -0.15) is 0 Å². The Kier molecular flexibility index (Phi) is 4.37. The molecule has 0 bridgehead atoms. The van der Waals surface area contributed by atoms with Gasteiger partial charge >= 0.3 is 0 Å². The summed E-state index contributed by atoms with van der Waals surface area (Å²) in [6, 6.07) is 6.18. The molecule has 0 heterocycles. The molecule has 82 valence electrons. The Balaban J connectivity index is 2.80. The molecule has 2 N–H and O–H groups in total. The van der Waals surface area contributed by atoms with E-state index in [2.05, 4.69) is 19.6 Å². The number of rotatable bonds is 5. The van der Waals surface area contributed by atoms with Gasteiger partial charge in [-0.05, 0) is 44.0 Å². The molecule has 1 aromatic rings. The van der Waals surface area contributed by atoms with Crippen molar-refractivity contribution in [2.24, 2.45) is 5.73 Å². The van der Waals surface area contributed by atoms with Gasteiger partial charge in [0.15, 0.2) is 0 Å². The molecule has 0 spiro atoms. The van der Waals surface area contributed by atoms with E-state index in [0.717, 1.165) is 17.7 Å². The van der Waals surface area contributed by atoms with Crippen LogP contribution in [0.5, 0.6) is 5.75 Å². The first-order valence-corrected chi connectivity index (χ1v) is 5.20. The van der Waals surface area contributed by atoms with Gasteiger partial charge in [-0.1, -0.05) is 24.3 Å². The van der Waals surface area contributed by atoms with Gasteiger partial charge in [0.1, 0.15) is 12.4 Å². The summed E-state index contributed by atoms with van der Waals surface area (Å²) in [6.45, 7) is 9.06. The van der Waals surface area contributed by atoms with E-state index >= 15 is 0 Å². The second kappa shape index (κ2) is 5.56. The lowest BCUT2D eigenvalue weighted by molar-refractivity contribution is 0.349. The summed E-state index contributed by atoms with van der Waals surface area (Å²) in [5, 5.41) is 0. The van der Waals surface area contributed by atoms with Crippen LogP contribution >= 0.6 is 0 Å². The molecule has 2 nitrogen and oxygen atoms in total. The first-order valence-electron chi connectivity index (χ1n) is 5.20. The van der Waals surface area contributed by atoms with Crippen LogP contribution in [0, 0.1) is 6.92 Å². The van der Waals surface area contributed by atoms with Gasteiger partial charge in [0.2, 0.25) is 0 Å². The largest absolute Gasteiger partial charge is 0.489 e.